The van der Waals surface area contributed by atoms with E-state index in [0.717, 1.165) is 0 Å². The van der Waals surface area contributed by atoms with Crippen LogP contribution in [0.1, 0.15) is 33.1 Å². The number of hydrogen-bond acceptors (Lipinski definition) is 4. The molecule has 0 unspecified atom stereocenters. The molecule has 4 nitrogen and oxygen atoms in total. The van der Waals surface area contributed by atoms with Gasteiger partial charge in [-0.15, -0.1) is 0 Å². The number of carbonyl (C=O) groups excluding carboxylic acids is 2. The molecule has 0 rings (SSSR count). The number of unbranched alkanes of at least 4 members (excludes halogenated alkanes) is 1. The van der Waals surface area contributed by atoms with Crippen LogP contribution < -0.4 is 0 Å². The molecule has 0 N–H and O–H groups in total. The molecule has 0 heterocycles. The van der Waals surface area contributed by atoms with Crippen LogP contribution in [-0.4, -0.2) is 25.2 Å². The lowest BCUT2D eigenvalue weighted by atomic mass is 10.0. The summed E-state index contributed by atoms with van der Waals surface area (Å²) in [6, 6.07) is 0. The van der Waals surface area contributed by atoms with Gasteiger partial charge in [0.2, 0.25) is 0 Å². The Morgan fingerprint density at radius 1 is 1.13 bits per heavy atom. The van der Waals surface area contributed by atoms with Crippen LogP contribution in [0, 0.1) is 12.8 Å². The number of rotatable bonds is 7. The summed E-state index contributed by atoms with van der Waals surface area (Å²) in [4.78, 5) is 22.8. The normalized spacial score (nSPS) is 10.1. The fraction of sp³-hybridized carbons (Fsp3) is 0.727. The molecular formula is C11H19O4. The molecule has 0 saturated heterocycles. The highest BCUT2D eigenvalue weighted by atomic mass is 16.6. The highest BCUT2D eigenvalue weighted by Gasteiger charge is 2.28. The van der Waals surface area contributed by atoms with Gasteiger partial charge >= 0.3 is 11.9 Å². The molecule has 0 aromatic rings. The third kappa shape index (κ3) is 5.40. The van der Waals surface area contributed by atoms with Crippen molar-refractivity contribution in [3.8, 4) is 0 Å². The fourth-order valence-corrected chi connectivity index (χ4v) is 1.17. The summed E-state index contributed by atoms with van der Waals surface area (Å²) in [5.41, 5.74) is 0. The zero-order valence-corrected chi connectivity index (χ0v) is 9.45. The van der Waals surface area contributed by atoms with Crippen molar-refractivity contribution in [2.24, 2.45) is 5.92 Å². The van der Waals surface area contributed by atoms with E-state index in [1.807, 2.05) is 0 Å². The van der Waals surface area contributed by atoms with E-state index in [4.69, 9.17) is 9.47 Å². The molecule has 4 heteroatoms. The second-order valence-electron chi connectivity index (χ2n) is 3.05. The number of esters is 2. The summed E-state index contributed by atoms with van der Waals surface area (Å²) in [7, 11) is 0. The summed E-state index contributed by atoms with van der Waals surface area (Å²) in [6.07, 6.45) is 1.85. The van der Waals surface area contributed by atoms with Crippen molar-refractivity contribution in [2.75, 3.05) is 13.2 Å². The third-order valence-corrected chi connectivity index (χ3v) is 1.89. The minimum Gasteiger partial charge on any atom is -0.465 e. The maximum Gasteiger partial charge on any atom is 0.320 e. The molecule has 87 valence electrons. The smallest absolute Gasteiger partial charge is 0.320 e. The average molecular weight is 215 g/mol. The zero-order chi connectivity index (χ0) is 11.7. The molecule has 0 fully saturated rings. The van der Waals surface area contributed by atoms with Gasteiger partial charge in [-0.05, 0) is 20.3 Å². The zero-order valence-electron chi connectivity index (χ0n) is 9.45. The Morgan fingerprint density at radius 2 is 1.60 bits per heavy atom. The average Bonchev–Trinajstić information content (AvgIpc) is 2.19. The van der Waals surface area contributed by atoms with Crippen molar-refractivity contribution in [3.63, 3.8) is 0 Å². The largest absolute Gasteiger partial charge is 0.465 e. The lowest BCUT2D eigenvalue weighted by Gasteiger charge is -2.13. The van der Waals surface area contributed by atoms with E-state index < -0.39 is 17.9 Å². The maximum atomic E-state index is 11.4. The predicted octanol–water partition coefficient (Wildman–Crippen LogP) is 1.73. The Hall–Kier alpha value is -1.06. The molecule has 0 bridgehead atoms. The van der Waals surface area contributed by atoms with Crippen molar-refractivity contribution in [3.05, 3.63) is 6.92 Å². The molecule has 0 atom stereocenters. The van der Waals surface area contributed by atoms with Crippen molar-refractivity contribution in [2.45, 2.75) is 33.1 Å². The van der Waals surface area contributed by atoms with E-state index in [2.05, 4.69) is 6.92 Å². The third-order valence-electron chi connectivity index (χ3n) is 1.89. The Labute approximate surface area is 90.9 Å². The van der Waals surface area contributed by atoms with Crippen molar-refractivity contribution < 1.29 is 19.1 Å². The first-order valence-corrected chi connectivity index (χ1v) is 5.29. The van der Waals surface area contributed by atoms with Crippen LogP contribution in [0.15, 0.2) is 0 Å². The van der Waals surface area contributed by atoms with Gasteiger partial charge in [0.15, 0.2) is 5.92 Å². The molecule has 0 aliphatic heterocycles. The summed E-state index contributed by atoms with van der Waals surface area (Å²) in [5.74, 6) is -1.78. The highest BCUT2D eigenvalue weighted by molar-refractivity contribution is 5.94. The van der Waals surface area contributed by atoms with E-state index in [9.17, 15) is 9.59 Å². The van der Waals surface area contributed by atoms with Gasteiger partial charge in [-0.2, -0.15) is 0 Å². The fourth-order valence-electron chi connectivity index (χ4n) is 1.17. The Bertz CT molecular complexity index is 183. The van der Waals surface area contributed by atoms with Crippen LogP contribution in [0.25, 0.3) is 0 Å². The second-order valence-corrected chi connectivity index (χ2v) is 3.05. The van der Waals surface area contributed by atoms with Crippen LogP contribution in [0.2, 0.25) is 0 Å². The second kappa shape index (κ2) is 8.26. The van der Waals surface area contributed by atoms with Gasteiger partial charge in [0.25, 0.3) is 0 Å². The quantitative estimate of drug-likeness (QED) is 0.479. The van der Waals surface area contributed by atoms with Crippen LogP contribution in [0.3, 0.4) is 0 Å². The lowest BCUT2D eigenvalue weighted by molar-refractivity contribution is -0.161. The van der Waals surface area contributed by atoms with Crippen molar-refractivity contribution in [1.29, 1.82) is 0 Å². The van der Waals surface area contributed by atoms with E-state index in [-0.39, 0.29) is 13.2 Å². The maximum absolute atomic E-state index is 11.4. The molecule has 15 heavy (non-hydrogen) atoms. The van der Waals surface area contributed by atoms with Gasteiger partial charge in [-0.25, -0.2) is 0 Å². The molecule has 0 aromatic carbocycles. The topological polar surface area (TPSA) is 52.6 Å². The number of carbonyl (C=O) groups is 2. The van der Waals surface area contributed by atoms with Gasteiger partial charge in [-0.3, -0.25) is 9.59 Å². The molecular weight excluding hydrogens is 196 g/mol. The van der Waals surface area contributed by atoms with Crippen LogP contribution in [0.5, 0.6) is 0 Å². The minimum absolute atomic E-state index is 0.277. The molecule has 0 saturated carbocycles. The standard InChI is InChI=1S/C11H19O4/c1-4-7-8-9(10(12)14-5-2)11(13)15-6-3/h9H,1,4-8H2,2-3H3. The lowest BCUT2D eigenvalue weighted by Crippen LogP contribution is -2.28. The SMILES string of the molecule is [CH2]CCCC(C(=O)OCC)C(=O)OCC. The molecule has 1 radical (unpaired) electrons. The molecule has 0 amide bonds. The van der Waals surface area contributed by atoms with E-state index in [0.29, 0.717) is 19.3 Å². The van der Waals surface area contributed by atoms with Crippen LogP contribution in [0.4, 0.5) is 0 Å². The van der Waals surface area contributed by atoms with E-state index in [1.165, 1.54) is 0 Å². The van der Waals surface area contributed by atoms with Gasteiger partial charge in [0, 0.05) is 0 Å². The van der Waals surface area contributed by atoms with E-state index in [1.54, 1.807) is 13.8 Å². The van der Waals surface area contributed by atoms with Crippen LogP contribution >= 0.6 is 0 Å². The number of hydrogen-bond donors (Lipinski definition) is 0. The molecule has 0 aromatic heterocycles. The molecule has 0 aliphatic rings. The minimum atomic E-state index is -0.786. The first-order chi connectivity index (χ1) is 7.17. The summed E-state index contributed by atoms with van der Waals surface area (Å²) >= 11 is 0. The van der Waals surface area contributed by atoms with Crippen molar-refractivity contribution in [1.82, 2.24) is 0 Å². The molecule has 0 aliphatic carbocycles. The number of ether oxygens (including phenoxy) is 2. The van der Waals surface area contributed by atoms with E-state index >= 15 is 0 Å². The predicted molar refractivity (Wildman–Crippen MR) is 56.0 cm³/mol. The monoisotopic (exact) mass is 215 g/mol. The first-order valence-electron chi connectivity index (χ1n) is 5.29. The van der Waals surface area contributed by atoms with Gasteiger partial charge in [0.1, 0.15) is 0 Å². The molecule has 0 spiro atoms. The summed E-state index contributed by atoms with van der Waals surface area (Å²) in [5, 5.41) is 0. The summed E-state index contributed by atoms with van der Waals surface area (Å²) in [6.45, 7) is 7.64. The first kappa shape index (κ1) is 13.9. The Kier molecular flexibility index (Phi) is 7.68. The van der Waals surface area contributed by atoms with Crippen molar-refractivity contribution >= 4 is 11.9 Å². The Morgan fingerprint density at radius 3 is 1.93 bits per heavy atom. The van der Waals surface area contributed by atoms with Crippen LogP contribution in [-0.2, 0) is 19.1 Å². The Balaban J connectivity index is 4.28. The van der Waals surface area contributed by atoms with Gasteiger partial charge in [-0.1, -0.05) is 19.8 Å². The van der Waals surface area contributed by atoms with Gasteiger partial charge in [0.05, 0.1) is 13.2 Å². The summed E-state index contributed by atoms with van der Waals surface area (Å²) < 4.78 is 9.62. The highest BCUT2D eigenvalue weighted by Crippen LogP contribution is 2.12. The van der Waals surface area contributed by atoms with Gasteiger partial charge < -0.3 is 9.47 Å².